The summed E-state index contributed by atoms with van der Waals surface area (Å²) >= 11 is 5.00. The Bertz CT molecular complexity index is 1090. The van der Waals surface area contributed by atoms with Gasteiger partial charge >= 0.3 is 5.97 Å². The average molecular weight is 470 g/mol. The van der Waals surface area contributed by atoms with Crippen LogP contribution in [0.25, 0.3) is 6.08 Å². The first kappa shape index (κ1) is 19.4. The number of hydrogen-bond acceptors (Lipinski definition) is 6. The Hall–Kier alpha value is -2.90. The molecule has 146 valence electrons. The van der Waals surface area contributed by atoms with E-state index in [-0.39, 0.29) is 5.70 Å². The molecule has 0 N–H and O–H groups in total. The summed E-state index contributed by atoms with van der Waals surface area (Å²) in [6.45, 7) is 0.414. The van der Waals surface area contributed by atoms with Crippen molar-refractivity contribution in [2.24, 2.45) is 4.99 Å². The quantitative estimate of drug-likeness (QED) is 0.356. The van der Waals surface area contributed by atoms with Crippen molar-refractivity contribution in [2.75, 3.05) is 7.11 Å². The highest BCUT2D eigenvalue weighted by molar-refractivity contribution is 9.10. The number of halogens is 1. The third-order valence-electron chi connectivity index (χ3n) is 4.13. The second-order valence-corrected chi connectivity index (χ2v) is 7.92. The lowest BCUT2D eigenvalue weighted by Crippen LogP contribution is -2.03. The van der Waals surface area contributed by atoms with Crippen LogP contribution in [0.1, 0.15) is 16.0 Å². The molecule has 0 unspecified atom stereocenters. The van der Waals surface area contributed by atoms with Crippen LogP contribution in [0.2, 0.25) is 0 Å². The van der Waals surface area contributed by atoms with E-state index in [1.165, 1.54) is 11.3 Å². The van der Waals surface area contributed by atoms with E-state index in [0.717, 1.165) is 16.0 Å². The Morgan fingerprint density at radius 2 is 2.00 bits per heavy atom. The summed E-state index contributed by atoms with van der Waals surface area (Å²) in [5, 5.41) is 1.91. The molecule has 1 aromatic heterocycles. The van der Waals surface area contributed by atoms with Gasteiger partial charge in [-0.15, -0.1) is 11.3 Å². The maximum Gasteiger partial charge on any atom is 0.363 e. The van der Waals surface area contributed by atoms with Gasteiger partial charge in [-0.1, -0.05) is 36.4 Å². The summed E-state index contributed by atoms with van der Waals surface area (Å²) in [6, 6.07) is 17.3. The largest absolute Gasteiger partial charge is 0.493 e. The normalized spacial score (nSPS) is 14.6. The van der Waals surface area contributed by atoms with Gasteiger partial charge in [-0.25, -0.2) is 9.79 Å². The van der Waals surface area contributed by atoms with Gasteiger partial charge in [0.2, 0.25) is 5.90 Å². The van der Waals surface area contributed by atoms with Crippen molar-refractivity contribution in [1.82, 2.24) is 0 Å². The highest BCUT2D eigenvalue weighted by Gasteiger charge is 2.25. The predicted molar refractivity (Wildman–Crippen MR) is 116 cm³/mol. The minimum absolute atomic E-state index is 0.236. The molecule has 3 aromatic rings. The number of carbonyl (C=O) groups excluding carboxylic acids is 1. The van der Waals surface area contributed by atoms with Gasteiger partial charge in [-0.05, 0) is 56.7 Å². The number of aliphatic imine (C=N–C) groups is 1. The standard InChI is InChI=1S/C22H16BrNO4S/c1-26-18-12-15(10-16(23)20(18)27-13-14-6-3-2-4-7-14)11-17-22(25)28-21(24-17)19-8-5-9-29-19/h2-12H,13H2,1H3. The zero-order chi connectivity index (χ0) is 20.2. The predicted octanol–water partition coefficient (Wildman–Crippen LogP) is 5.44. The van der Waals surface area contributed by atoms with E-state index >= 15 is 0 Å². The molecule has 1 aliphatic heterocycles. The summed E-state index contributed by atoms with van der Waals surface area (Å²) in [6.07, 6.45) is 1.66. The summed E-state index contributed by atoms with van der Waals surface area (Å²) in [4.78, 5) is 17.3. The van der Waals surface area contributed by atoms with Crippen LogP contribution in [0.15, 0.2) is 75.1 Å². The summed E-state index contributed by atoms with van der Waals surface area (Å²) in [5.74, 6) is 0.990. The molecule has 0 fully saturated rings. The summed E-state index contributed by atoms with van der Waals surface area (Å²) in [7, 11) is 1.57. The Labute approximate surface area is 180 Å². The molecule has 2 aromatic carbocycles. The summed E-state index contributed by atoms with van der Waals surface area (Å²) < 4.78 is 17.4. The number of carbonyl (C=O) groups is 1. The maximum absolute atomic E-state index is 12.2. The van der Waals surface area contributed by atoms with E-state index in [9.17, 15) is 4.79 Å². The fraction of sp³-hybridized carbons (Fsp3) is 0.0909. The molecule has 5 nitrogen and oxygen atoms in total. The van der Waals surface area contributed by atoms with Crippen molar-refractivity contribution in [1.29, 1.82) is 0 Å². The minimum Gasteiger partial charge on any atom is -0.493 e. The van der Waals surface area contributed by atoms with Gasteiger partial charge in [0.25, 0.3) is 0 Å². The highest BCUT2D eigenvalue weighted by Crippen LogP contribution is 2.38. The molecular weight excluding hydrogens is 454 g/mol. The Morgan fingerprint density at radius 1 is 1.17 bits per heavy atom. The molecule has 2 heterocycles. The number of hydrogen-bond donors (Lipinski definition) is 0. The van der Waals surface area contributed by atoms with Gasteiger partial charge in [0, 0.05) is 0 Å². The lowest BCUT2D eigenvalue weighted by atomic mass is 10.1. The molecule has 7 heteroatoms. The fourth-order valence-corrected chi connectivity index (χ4v) is 3.99. The van der Waals surface area contributed by atoms with E-state index in [1.54, 1.807) is 19.3 Å². The molecule has 0 bridgehead atoms. The number of benzene rings is 2. The molecule has 0 aliphatic carbocycles. The van der Waals surface area contributed by atoms with E-state index < -0.39 is 5.97 Å². The van der Waals surface area contributed by atoms with Crippen molar-refractivity contribution >= 4 is 45.2 Å². The van der Waals surface area contributed by atoms with Crippen LogP contribution < -0.4 is 9.47 Å². The molecule has 29 heavy (non-hydrogen) atoms. The van der Waals surface area contributed by atoms with Gasteiger partial charge in [0.1, 0.15) is 6.61 Å². The fourth-order valence-electron chi connectivity index (χ4n) is 2.77. The maximum atomic E-state index is 12.2. The van der Waals surface area contributed by atoms with E-state index in [4.69, 9.17) is 14.2 Å². The Balaban J connectivity index is 1.59. The Morgan fingerprint density at radius 3 is 2.72 bits per heavy atom. The van der Waals surface area contributed by atoms with Gasteiger partial charge in [0.05, 0.1) is 16.5 Å². The first-order valence-electron chi connectivity index (χ1n) is 8.75. The smallest absolute Gasteiger partial charge is 0.363 e. The summed E-state index contributed by atoms with van der Waals surface area (Å²) in [5.41, 5.74) is 2.03. The van der Waals surface area contributed by atoms with Crippen LogP contribution in [0.4, 0.5) is 0 Å². The molecule has 0 atom stereocenters. The topological polar surface area (TPSA) is 57.1 Å². The zero-order valence-electron chi connectivity index (χ0n) is 15.4. The number of cyclic esters (lactones) is 1. The molecule has 0 radical (unpaired) electrons. The number of methoxy groups -OCH3 is 1. The van der Waals surface area contributed by atoms with Crippen molar-refractivity contribution in [3.63, 3.8) is 0 Å². The molecule has 0 saturated heterocycles. The second-order valence-electron chi connectivity index (χ2n) is 6.12. The van der Waals surface area contributed by atoms with Crippen molar-refractivity contribution in [3.05, 3.63) is 86.2 Å². The number of esters is 1. The van der Waals surface area contributed by atoms with Gasteiger partial charge in [-0.2, -0.15) is 0 Å². The van der Waals surface area contributed by atoms with Crippen LogP contribution in [0.5, 0.6) is 11.5 Å². The molecule has 0 amide bonds. The Kier molecular flexibility index (Phi) is 5.78. The van der Waals surface area contributed by atoms with Gasteiger partial charge < -0.3 is 14.2 Å². The van der Waals surface area contributed by atoms with E-state index in [0.29, 0.717) is 28.5 Å². The van der Waals surface area contributed by atoms with Crippen LogP contribution in [0, 0.1) is 0 Å². The molecule has 1 aliphatic rings. The SMILES string of the molecule is COc1cc(C=C2N=C(c3cccs3)OC2=O)cc(Br)c1OCc1ccccc1. The number of ether oxygens (including phenoxy) is 3. The van der Waals surface area contributed by atoms with Crippen molar-refractivity contribution < 1.29 is 19.0 Å². The first-order chi connectivity index (χ1) is 14.1. The van der Waals surface area contributed by atoms with Gasteiger partial charge in [-0.3, -0.25) is 0 Å². The molecular formula is C22H16BrNO4S. The lowest BCUT2D eigenvalue weighted by molar-refractivity contribution is -0.129. The third-order valence-corrected chi connectivity index (χ3v) is 5.58. The number of rotatable bonds is 6. The van der Waals surface area contributed by atoms with Crippen molar-refractivity contribution in [3.8, 4) is 11.5 Å². The average Bonchev–Trinajstić information content (AvgIpc) is 3.38. The first-order valence-corrected chi connectivity index (χ1v) is 10.4. The van der Waals surface area contributed by atoms with Crippen LogP contribution in [-0.4, -0.2) is 19.0 Å². The second kappa shape index (κ2) is 8.63. The number of nitrogens with zero attached hydrogens (tertiary/aromatic N) is 1. The zero-order valence-corrected chi connectivity index (χ0v) is 17.8. The lowest BCUT2D eigenvalue weighted by Gasteiger charge is -2.13. The van der Waals surface area contributed by atoms with Gasteiger partial charge in [0.15, 0.2) is 17.2 Å². The van der Waals surface area contributed by atoms with Crippen LogP contribution in [-0.2, 0) is 16.1 Å². The van der Waals surface area contributed by atoms with E-state index in [1.807, 2.05) is 53.9 Å². The molecule has 4 rings (SSSR count). The monoisotopic (exact) mass is 469 g/mol. The molecule has 0 spiro atoms. The van der Waals surface area contributed by atoms with E-state index in [2.05, 4.69) is 20.9 Å². The third kappa shape index (κ3) is 4.41. The number of thiophene rings is 1. The minimum atomic E-state index is -0.479. The van der Waals surface area contributed by atoms with Crippen molar-refractivity contribution in [2.45, 2.75) is 6.61 Å². The van der Waals surface area contributed by atoms with Crippen LogP contribution >= 0.6 is 27.3 Å². The highest BCUT2D eigenvalue weighted by atomic mass is 79.9. The molecule has 0 saturated carbocycles. The van der Waals surface area contributed by atoms with Crippen LogP contribution in [0.3, 0.4) is 0 Å².